The van der Waals surface area contributed by atoms with Gasteiger partial charge in [0.1, 0.15) is 0 Å². The maximum absolute atomic E-state index is 12.2. The number of piperidine rings is 1. The standard InChI is InChI=1S/C17H22N2OS.ClH/c18-14-6-4-10-19(11-14)17(20)9-3-5-13-12-21-16-8-2-1-7-15(13)16;/h1-2,7-8,12,14H,3-6,9-11,18H2;1H. The van der Waals surface area contributed by atoms with Gasteiger partial charge in [-0.05, 0) is 48.1 Å². The molecule has 2 heterocycles. The van der Waals surface area contributed by atoms with Crippen LogP contribution in [-0.4, -0.2) is 29.9 Å². The van der Waals surface area contributed by atoms with E-state index in [1.807, 2.05) is 4.90 Å². The van der Waals surface area contributed by atoms with Crippen LogP contribution < -0.4 is 5.73 Å². The van der Waals surface area contributed by atoms with Crippen LogP contribution in [-0.2, 0) is 11.2 Å². The number of fused-ring (bicyclic) bond motifs is 1. The van der Waals surface area contributed by atoms with Crippen LogP contribution in [0.5, 0.6) is 0 Å². The molecule has 3 rings (SSSR count). The molecule has 1 aromatic heterocycles. The van der Waals surface area contributed by atoms with Crippen LogP contribution in [0.25, 0.3) is 10.1 Å². The number of carbonyl (C=O) groups is 1. The lowest BCUT2D eigenvalue weighted by molar-refractivity contribution is -0.132. The van der Waals surface area contributed by atoms with E-state index in [-0.39, 0.29) is 24.4 Å². The van der Waals surface area contributed by atoms with Gasteiger partial charge in [0.25, 0.3) is 0 Å². The third-order valence-corrected chi connectivity index (χ3v) is 5.22. The van der Waals surface area contributed by atoms with Crippen LogP contribution in [0.2, 0.25) is 0 Å². The van der Waals surface area contributed by atoms with Crippen LogP contribution in [0.1, 0.15) is 31.2 Å². The van der Waals surface area contributed by atoms with E-state index in [1.54, 1.807) is 11.3 Å². The summed E-state index contributed by atoms with van der Waals surface area (Å²) in [5, 5.41) is 3.57. The Kier molecular flexibility index (Phi) is 6.24. The van der Waals surface area contributed by atoms with Crippen molar-refractivity contribution in [2.24, 2.45) is 5.73 Å². The lowest BCUT2D eigenvalue weighted by Gasteiger charge is -2.30. The number of benzene rings is 1. The molecule has 1 unspecified atom stereocenters. The lowest BCUT2D eigenvalue weighted by Crippen LogP contribution is -2.45. The van der Waals surface area contributed by atoms with Gasteiger partial charge in [-0.1, -0.05) is 18.2 Å². The Hall–Kier alpha value is -1.10. The van der Waals surface area contributed by atoms with E-state index in [1.165, 1.54) is 15.6 Å². The molecular formula is C17H23ClN2OS. The van der Waals surface area contributed by atoms with Gasteiger partial charge in [-0.3, -0.25) is 4.79 Å². The van der Waals surface area contributed by atoms with E-state index in [9.17, 15) is 4.79 Å². The number of rotatable bonds is 4. The number of hydrogen-bond donors (Lipinski definition) is 1. The first-order valence-electron chi connectivity index (χ1n) is 7.72. The molecular weight excluding hydrogens is 316 g/mol. The fourth-order valence-corrected chi connectivity index (χ4v) is 4.05. The van der Waals surface area contributed by atoms with Crippen LogP contribution >= 0.6 is 23.7 Å². The summed E-state index contributed by atoms with van der Waals surface area (Å²) in [5.41, 5.74) is 7.31. The molecule has 22 heavy (non-hydrogen) atoms. The molecule has 0 radical (unpaired) electrons. The number of halogens is 1. The lowest BCUT2D eigenvalue weighted by atomic mass is 10.0. The highest BCUT2D eigenvalue weighted by molar-refractivity contribution is 7.17. The van der Waals surface area contributed by atoms with Crippen molar-refractivity contribution < 1.29 is 4.79 Å². The topological polar surface area (TPSA) is 46.3 Å². The number of nitrogens with two attached hydrogens (primary N) is 1. The first-order chi connectivity index (χ1) is 10.2. The van der Waals surface area contributed by atoms with E-state index >= 15 is 0 Å². The first kappa shape index (κ1) is 17.3. The Balaban J connectivity index is 0.00000176. The Morgan fingerprint density at radius 1 is 1.36 bits per heavy atom. The summed E-state index contributed by atoms with van der Waals surface area (Å²) < 4.78 is 1.33. The second-order valence-corrected chi connectivity index (χ2v) is 6.76. The Labute approximate surface area is 141 Å². The average Bonchev–Trinajstić information content (AvgIpc) is 2.91. The molecule has 3 nitrogen and oxygen atoms in total. The van der Waals surface area contributed by atoms with Gasteiger partial charge in [0.2, 0.25) is 5.91 Å². The number of amides is 1. The van der Waals surface area contributed by atoms with Crippen molar-refractivity contribution in [3.63, 3.8) is 0 Å². The molecule has 2 N–H and O–H groups in total. The summed E-state index contributed by atoms with van der Waals surface area (Å²) in [6, 6.07) is 8.66. The molecule has 1 aliphatic heterocycles. The highest BCUT2D eigenvalue weighted by atomic mass is 35.5. The summed E-state index contributed by atoms with van der Waals surface area (Å²) in [4.78, 5) is 14.2. The molecule has 0 spiro atoms. The second-order valence-electron chi connectivity index (χ2n) is 5.85. The predicted molar refractivity (Wildman–Crippen MR) is 95.8 cm³/mol. The predicted octanol–water partition coefficient (Wildman–Crippen LogP) is 3.60. The minimum Gasteiger partial charge on any atom is -0.341 e. The zero-order valence-electron chi connectivity index (χ0n) is 12.7. The van der Waals surface area contributed by atoms with Crippen molar-refractivity contribution in [1.82, 2.24) is 4.90 Å². The summed E-state index contributed by atoms with van der Waals surface area (Å²) in [7, 11) is 0. The third kappa shape index (κ3) is 4.00. The molecule has 120 valence electrons. The fraction of sp³-hybridized carbons (Fsp3) is 0.471. The van der Waals surface area contributed by atoms with E-state index in [0.717, 1.165) is 38.8 Å². The third-order valence-electron chi connectivity index (χ3n) is 4.21. The molecule has 1 amide bonds. The van der Waals surface area contributed by atoms with Gasteiger partial charge in [-0.15, -0.1) is 23.7 Å². The maximum atomic E-state index is 12.2. The number of hydrogen-bond acceptors (Lipinski definition) is 3. The van der Waals surface area contributed by atoms with Crippen molar-refractivity contribution in [3.05, 3.63) is 35.2 Å². The Morgan fingerprint density at radius 3 is 3.00 bits per heavy atom. The Bertz CT molecular complexity index is 628. The number of thiophene rings is 1. The van der Waals surface area contributed by atoms with E-state index < -0.39 is 0 Å². The average molecular weight is 339 g/mol. The van der Waals surface area contributed by atoms with E-state index in [0.29, 0.717) is 6.42 Å². The number of aryl methyl sites for hydroxylation is 1. The minimum absolute atomic E-state index is 0. The quantitative estimate of drug-likeness (QED) is 0.925. The molecule has 2 aromatic rings. The summed E-state index contributed by atoms with van der Waals surface area (Å²) >= 11 is 1.79. The zero-order valence-corrected chi connectivity index (χ0v) is 14.3. The number of likely N-dealkylation sites (tertiary alicyclic amines) is 1. The fourth-order valence-electron chi connectivity index (χ4n) is 3.05. The minimum atomic E-state index is 0. The van der Waals surface area contributed by atoms with E-state index in [4.69, 9.17) is 5.73 Å². The second kappa shape index (κ2) is 7.95. The normalized spacial score (nSPS) is 18.2. The molecule has 5 heteroatoms. The van der Waals surface area contributed by atoms with Gasteiger partial charge in [0, 0.05) is 30.3 Å². The molecule has 1 atom stereocenters. The van der Waals surface area contributed by atoms with Crippen molar-refractivity contribution >= 4 is 39.7 Å². The largest absolute Gasteiger partial charge is 0.341 e. The monoisotopic (exact) mass is 338 g/mol. The van der Waals surface area contributed by atoms with Crippen LogP contribution in [0, 0.1) is 0 Å². The SMILES string of the molecule is Cl.NC1CCCN(C(=O)CCCc2csc3ccccc23)C1. The Morgan fingerprint density at radius 2 is 2.18 bits per heavy atom. The van der Waals surface area contributed by atoms with Crippen LogP contribution in [0.3, 0.4) is 0 Å². The van der Waals surface area contributed by atoms with Gasteiger partial charge in [0.05, 0.1) is 0 Å². The molecule has 0 aliphatic carbocycles. The van der Waals surface area contributed by atoms with Crippen molar-refractivity contribution in [3.8, 4) is 0 Å². The number of carbonyl (C=O) groups excluding carboxylic acids is 1. The summed E-state index contributed by atoms with van der Waals surface area (Å²) in [5.74, 6) is 0.268. The summed E-state index contributed by atoms with van der Waals surface area (Å²) in [6.45, 7) is 1.62. The summed E-state index contributed by atoms with van der Waals surface area (Å²) in [6.07, 6.45) is 4.63. The molecule has 1 fully saturated rings. The van der Waals surface area contributed by atoms with E-state index in [2.05, 4.69) is 29.6 Å². The van der Waals surface area contributed by atoms with Crippen molar-refractivity contribution in [1.29, 1.82) is 0 Å². The molecule has 1 aromatic carbocycles. The zero-order chi connectivity index (χ0) is 14.7. The van der Waals surface area contributed by atoms with Crippen molar-refractivity contribution in [2.75, 3.05) is 13.1 Å². The van der Waals surface area contributed by atoms with Crippen LogP contribution in [0.15, 0.2) is 29.6 Å². The van der Waals surface area contributed by atoms with Crippen molar-refractivity contribution in [2.45, 2.75) is 38.1 Å². The first-order valence-corrected chi connectivity index (χ1v) is 8.60. The van der Waals surface area contributed by atoms with Gasteiger partial charge in [0.15, 0.2) is 0 Å². The molecule has 0 saturated carbocycles. The van der Waals surface area contributed by atoms with Gasteiger partial charge < -0.3 is 10.6 Å². The van der Waals surface area contributed by atoms with Crippen LogP contribution in [0.4, 0.5) is 0 Å². The molecule has 0 bridgehead atoms. The highest BCUT2D eigenvalue weighted by Crippen LogP contribution is 2.26. The highest BCUT2D eigenvalue weighted by Gasteiger charge is 2.20. The molecule has 1 saturated heterocycles. The number of nitrogens with zero attached hydrogens (tertiary/aromatic N) is 1. The van der Waals surface area contributed by atoms with Gasteiger partial charge >= 0.3 is 0 Å². The van der Waals surface area contributed by atoms with Gasteiger partial charge in [-0.2, -0.15) is 0 Å². The smallest absolute Gasteiger partial charge is 0.222 e. The van der Waals surface area contributed by atoms with Gasteiger partial charge in [-0.25, -0.2) is 0 Å². The molecule has 1 aliphatic rings. The maximum Gasteiger partial charge on any atom is 0.222 e.